The second kappa shape index (κ2) is 8.18. The number of allylic oxidation sites excluding steroid dienone is 3. The van der Waals surface area contributed by atoms with Gasteiger partial charge in [-0.25, -0.2) is 0 Å². The fraction of sp³-hybridized carbons (Fsp3) is 0.871. The molecule has 1 heterocycles. The smallest absolute Gasteiger partial charge is 0.161 e. The van der Waals surface area contributed by atoms with E-state index < -0.39 is 0 Å². The van der Waals surface area contributed by atoms with Gasteiger partial charge >= 0.3 is 0 Å². The average molecular weight is 471 g/mol. The lowest BCUT2D eigenvalue weighted by molar-refractivity contribution is -0.150. The van der Waals surface area contributed by atoms with Crippen LogP contribution in [0.5, 0.6) is 0 Å². The predicted octanol–water partition coefficient (Wildman–Crippen LogP) is 7.30. The zero-order valence-corrected chi connectivity index (χ0v) is 23.1. The van der Waals surface area contributed by atoms with E-state index >= 15 is 0 Å². The minimum Gasteiger partial charge on any atom is -0.393 e. The molecule has 1 aliphatic heterocycles. The zero-order valence-electron chi connectivity index (χ0n) is 23.1. The first kappa shape index (κ1) is 25.0. The summed E-state index contributed by atoms with van der Waals surface area (Å²) in [4.78, 5) is 0. The van der Waals surface area contributed by atoms with E-state index in [1.54, 1.807) is 5.57 Å². The lowest BCUT2D eigenvalue weighted by Crippen LogP contribution is -2.58. The Morgan fingerprint density at radius 1 is 1.06 bits per heavy atom. The van der Waals surface area contributed by atoms with Gasteiger partial charge in [-0.1, -0.05) is 57.9 Å². The molecular weight excluding hydrogens is 420 g/mol. The quantitative estimate of drug-likeness (QED) is 0.440. The molecule has 0 spiro atoms. The normalized spacial score (nSPS) is 51.8. The largest absolute Gasteiger partial charge is 0.393 e. The molecule has 3 saturated carbocycles. The number of aliphatic hydroxyl groups is 1. The van der Waals surface area contributed by atoms with Crippen LogP contribution in [-0.2, 0) is 9.47 Å². The van der Waals surface area contributed by atoms with Crippen LogP contribution in [0.25, 0.3) is 0 Å². The van der Waals surface area contributed by atoms with Crippen molar-refractivity contribution in [1.82, 2.24) is 0 Å². The van der Waals surface area contributed by atoms with Crippen LogP contribution in [0, 0.1) is 45.3 Å². The second-order valence-corrected chi connectivity index (χ2v) is 14.2. The van der Waals surface area contributed by atoms with E-state index in [0.717, 1.165) is 19.3 Å². The van der Waals surface area contributed by atoms with Crippen LogP contribution in [0.1, 0.15) is 99.8 Å². The maximum atomic E-state index is 10.9. The first-order valence-electron chi connectivity index (χ1n) is 14.1. The van der Waals surface area contributed by atoms with Crippen molar-refractivity contribution in [2.24, 2.45) is 45.3 Å². The SMILES string of the molecule is CO[C@@H]1O[C@H](C=C(C)C)C[C@H]1[C@@H]1CC[C@]2(C)C3=CC[C@H]4C(C)(C)[C@H](O)CC[C@]4(C)[C@H]3CC[C@@]12C. The third kappa shape index (κ3) is 3.32. The van der Waals surface area contributed by atoms with Crippen LogP contribution in [0.3, 0.4) is 0 Å². The highest BCUT2D eigenvalue weighted by atomic mass is 16.7. The van der Waals surface area contributed by atoms with E-state index in [4.69, 9.17) is 9.47 Å². The standard InChI is InChI=1S/C31H50O3/c1-19(2)17-20-18-21(27(33-8)34-20)22-11-15-31(7)24-9-10-25-28(3,4)26(32)13-14-29(25,5)23(24)12-16-30(22,31)6/h9,17,20-23,25-27,32H,10-16,18H2,1-8H3/t20-,21+,22+,23+,25+,26-,27-,29-,30+,31-/m1/s1. The fourth-order valence-corrected chi connectivity index (χ4v) is 10.2. The maximum Gasteiger partial charge on any atom is 0.161 e. The van der Waals surface area contributed by atoms with Crippen LogP contribution in [0.4, 0.5) is 0 Å². The van der Waals surface area contributed by atoms with Gasteiger partial charge in [0.25, 0.3) is 0 Å². The van der Waals surface area contributed by atoms with E-state index in [9.17, 15) is 5.11 Å². The van der Waals surface area contributed by atoms with Crippen molar-refractivity contribution in [2.75, 3.05) is 7.11 Å². The van der Waals surface area contributed by atoms with Gasteiger partial charge in [0.15, 0.2) is 6.29 Å². The first-order valence-corrected chi connectivity index (χ1v) is 14.1. The molecule has 10 atom stereocenters. The molecule has 5 rings (SSSR count). The molecule has 3 heteroatoms. The van der Waals surface area contributed by atoms with Gasteiger partial charge < -0.3 is 14.6 Å². The summed E-state index contributed by atoms with van der Waals surface area (Å²) >= 11 is 0. The summed E-state index contributed by atoms with van der Waals surface area (Å²) in [6.07, 6.45) is 14.5. The van der Waals surface area contributed by atoms with Gasteiger partial charge in [-0.3, -0.25) is 0 Å². The Balaban J connectivity index is 1.47. The van der Waals surface area contributed by atoms with Crippen molar-refractivity contribution < 1.29 is 14.6 Å². The number of fused-ring (bicyclic) bond motifs is 5. The minimum absolute atomic E-state index is 0.00169. The minimum atomic E-state index is -0.164. The monoisotopic (exact) mass is 470 g/mol. The predicted molar refractivity (Wildman–Crippen MR) is 138 cm³/mol. The van der Waals surface area contributed by atoms with Gasteiger partial charge in [0.05, 0.1) is 12.2 Å². The molecule has 1 saturated heterocycles. The van der Waals surface area contributed by atoms with Gasteiger partial charge in [-0.15, -0.1) is 0 Å². The molecule has 1 N–H and O–H groups in total. The highest BCUT2D eigenvalue weighted by molar-refractivity contribution is 5.33. The number of aliphatic hydroxyl groups excluding tert-OH is 1. The van der Waals surface area contributed by atoms with Crippen LogP contribution >= 0.6 is 0 Å². The summed E-state index contributed by atoms with van der Waals surface area (Å²) in [6, 6.07) is 0. The molecule has 0 bridgehead atoms. The zero-order chi connectivity index (χ0) is 24.7. The van der Waals surface area contributed by atoms with Crippen LogP contribution in [0.2, 0.25) is 0 Å². The number of hydrogen-bond acceptors (Lipinski definition) is 3. The molecule has 34 heavy (non-hydrogen) atoms. The lowest BCUT2D eigenvalue weighted by atomic mass is 9.41. The Hall–Kier alpha value is -0.640. The van der Waals surface area contributed by atoms with Crippen molar-refractivity contribution in [3.63, 3.8) is 0 Å². The highest BCUT2D eigenvalue weighted by Crippen LogP contribution is 2.73. The molecule has 0 aromatic carbocycles. The van der Waals surface area contributed by atoms with Crippen molar-refractivity contribution in [1.29, 1.82) is 0 Å². The van der Waals surface area contributed by atoms with Crippen molar-refractivity contribution in [3.05, 3.63) is 23.3 Å². The summed E-state index contributed by atoms with van der Waals surface area (Å²) in [6.45, 7) is 16.8. The first-order chi connectivity index (χ1) is 15.9. The van der Waals surface area contributed by atoms with Crippen molar-refractivity contribution in [3.8, 4) is 0 Å². The van der Waals surface area contributed by atoms with E-state index in [1.807, 2.05) is 7.11 Å². The molecule has 3 nitrogen and oxygen atoms in total. The number of rotatable bonds is 3. The molecule has 192 valence electrons. The lowest BCUT2D eigenvalue weighted by Gasteiger charge is -2.64. The van der Waals surface area contributed by atoms with E-state index in [1.165, 1.54) is 37.7 Å². The summed E-state index contributed by atoms with van der Waals surface area (Å²) in [7, 11) is 1.83. The molecule has 0 unspecified atom stereocenters. The Labute approximate surface area is 208 Å². The second-order valence-electron chi connectivity index (χ2n) is 14.2. The summed E-state index contributed by atoms with van der Waals surface area (Å²) in [5.74, 6) is 2.38. The van der Waals surface area contributed by atoms with Gasteiger partial charge in [0, 0.05) is 13.0 Å². The topological polar surface area (TPSA) is 38.7 Å². The number of hydrogen-bond donors (Lipinski definition) is 1. The molecule has 0 amide bonds. The average Bonchev–Trinajstić information content (AvgIpc) is 3.28. The van der Waals surface area contributed by atoms with Gasteiger partial charge in [-0.05, 0) is 105 Å². The van der Waals surface area contributed by atoms with Crippen LogP contribution in [0.15, 0.2) is 23.3 Å². The molecule has 5 aliphatic rings. The number of methoxy groups -OCH3 is 1. The van der Waals surface area contributed by atoms with E-state index in [-0.39, 0.29) is 29.3 Å². The summed E-state index contributed by atoms with van der Waals surface area (Å²) in [5, 5.41) is 10.9. The summed E-state index contributed by atoms with van der Waals surface area (Å²) in [5.41, 5.74) is 3.99. The molecule has 0 aromatic rings. The summed E-state index contributed by atoms with van der Waals surface area (Å²) < 4.78 is 12.3. The Kier molecular flexibility index (Phi) is 6.02. The Morgan fingerprint density at radius 3 is 2.47 bits per heavy atom. The van der Waals surface area contributed by atoms with Crippen LogP contribution in [-0.4, -0.2) is 30.7 Å². The Bertz CT molecular complexity index is 868. The third-order valence-electron chi connectivity index (χ3n) is 12.3. The van der Waals surface area contributed by atoms with Gasteiger partial charge in [0.2, 0.25) is 0 Å². The highest BCUT2D eigenvalue weighted by Gasteiger charge is 2.66. The van der Waals surface area contributed by atoms with Crippen molar-refractivity contribution >= 4 is 0 Å². The van der Waals surface area contributed by atoms with Crippen molar-refractivity contribution in [2.45, 2.75) is 118 Å². The van der Waals surface area contributed by atoms with Gasteiger partial charge in [0.1, 0.15) is 0 Å². The molecule has 4 aliphatic carbocycles. The van der Waals surface area contributed by atoms with E-state index in [2.05, 4.69) is 60.6 Å². The molecule has 0 aromatic heterocycles. The van der Waals surface area contributed by atoms with Gasteiger partial charge in [-0.2, -0.15) is 0 Å². The molecule has 0 radical (unpaired) electrons. The number of ether oxygens (including phenoxy) is 2. The maximum absolute atomic E-state index is 10.9. The molecular formula is C31H50O3. The Morgan fingerprint density at radius 2 is 1.79 bits per heavy atom. The van der Waals surface area contributed by atoms with E-state index in [0.29, 0.717) is 34.5 Å². The molecule has 4 fully saturated rings. The fourth-order valence-electron chi connectivity index (χ4n) is 10.2. The third-order valence-corrected chi connectivity index (χ3v) is 12.3. The van der Waals surface area contributed by atoms with Crippen LogP contribution < -0.4 is 0 Å².